The van der Waals surface area contributed by atoms with Crippen LogP contribution in [0, 0.1) is 5.92 Å². The van der Waals surface area contributed by atoms with Gasteiger partial charge < -0.3 is 9.64 Å². The van der Waals surface area contributed by atoms with Crippen molar-refractivity contribution in [2.75, 3.05) is 19.7 Å². The lowest BCUT2D eigenvalue weighted by Crippen LogP contribution is -2.41. The van der Waals surface area contributed by atoms with Crippen molar-refractivity contribution < 1.29 is 9.53 Å². The Morgan fingerprint density at radius 2 is 2.04 bits per heavy atom. The van der Waals surface area contributed by atoms with Gasteiger partial charge in [0.15, 0.2) is 6.61 Å². The van der Waals surface area contributed by atoms with E-state index < -0.39 is 0 Å². The second kappa shape index (κ2) is 7.95. The molecule has 1 saturated heterocycles. The first-order valence-electron chi connectivity index (χ1n) is 8.60. The van der Waals surface area contributed by atoms with Crippen LogP contribution in [-0.4, -0.2) is 45.7 Å². The summed E-state index contributed by atoms with van der Waals surface area (Å²) in [4.78, 5) is 18.6. The summed E-state index contributed by atoms with van der Waals surface area (Å²) in [6.45, 7) is 3.73. The molecule has 0 aliphatic carbocycles. The molecule has 1 aromatic heterocycles. The number of rotatable bonds is 6. The van der Waals surface area contributed by atoms with Crippen LogP contribution >= 0.6 is 0 Å². The molecule has 2 aromatic rings. The maximum absolute atomic E-state index is 12.3. The van der Waals surface area contributed by atoms with Gasteiger partial charge in [0.2, 0.25) is 0 Å². The minimum Gasteiger partial charge on any atom is -0.484 e. The van der Waals surface area contributed by atoms with Crippen molar-refractivity contribution in [1.82, 2.24) is 20.1 Å². The van der Waals surface area contributed by atoms with Gasteiger partial charge in [-0.3, -0.25) is 9.89 Å². The molecule has 0 radical (unpaired) electrons. The quantitative estimate of drug-likeness (QED) is 0.883. The van der Waals surface area contributed by atoms with E-state index >= 15 is 0 Å². The molecular weight excluding hydrogens is 304 g/mol. The van der Waals surface area contributed by atoms with E-state index in [9.17, 15) is 4.79 Å². The van der Waals surface area contributed by atoms with Gasteiger partial charge in [-0.2, -0.15) is 5.10 Å². The van der Waals surface area contributed by atoms with Crippen LogP contribution < -0.4 is 4.74 Å². The number of aryl methyl sites for hydroxylation is 1. The number of nitrogens with zero attached hydrogens (tertiary/aromatic N) is 3. The summed E-state index contributed by atoms with van der Waals surface area (Å²) in [5.74, 6) is 3.18. The highest BCUT2D eigenvalue weighted by Crippen LogP contribution is 2.20. The molecule has 2 heterocycles. The van der Waals surface area contributed by atoms with Gasteiger partial charge in [-0.05, 0) is 30.9 Å². The van der Waals surface area contributed by atoms with Crippen LogP contribution in [0.4, 0.5) is 0 Å². The number of aromatic nitrogens is 3. The predicted molar refractivity (Wildman–Crippen MR) is 90.7 cm³/mol. The van der Waals surface area contributed by atoms with Crippen molar-refractivity contribution in [2.45, 2.75) is 32.6 Å². The van der Waals surface area contributed by atoms with Crippen LogP contribution in [-0.2, 0) is 17.6 Å². The van der Waals surface area contributed by atoms with Gasteiger partial charge in [-0.1, -0.05) is 25.1 Å². The first kappa shape index (κ1) is 16.5. The normalized spacial score (nSPS) is 15.5. The summed E-state index contributed by atoms with van der Waals surface area (Å²) in [5.41, 5.74) is 0. The Labute approximate surface area is 142 Å². The number of carbonyl (C=O) groups excluding carboxylic acids is 1. The van der Waals surface area contributed by atoms with Gasteiger partial charge in [0.05, 0.1) is 0 Å². The number of aromatic amines is 1. The molecule has 1 fully saturated rings. The first-order chi connectivity index (χ1) is 11.7. The van der Waals surface area contributed by atoms with Crippen molar-refractivity contribution in [3.05, 3.63) is 42.0 Å². The summed E-state index contributed by atoms with van der Waals surface area (Å²) in [7, 11) is 0. The number of hydrogen-bond donors (Lipinski definition) is 1. The molecule has 1 aromatic carbocycles. The highest BCUT2D eigenvalue weighted by Gasteiger charge is 2.24. The van der Waals surface area contributed by atoms with Gasteiger partial charge in [-0.15, -0.1) is 0 Å². The molecule has 0 bridgehead atoms. The first-order valence-corrected chi connectivity index (χ1v) is 8.60. The van der Waals surface area contributed by atoms with Crippen LogP contribution in [0.25, 0.3) is 0 Å². The number of piperidine rings is 1. The standard InChI is InChI=1S/C18H24N4O2/c1-2-16-19-17(21-20-16)12-14-8-10-22(11-9-14)18(23)13-24-15-6-4-3-5-7-15/h3-7,14H,2,8-13H2,1H3,(H,19,20,21). The Kier molecular flexibility index (Phi) is 5.46. The largest absolute Gasteiger partial charge is 0.484 e. The zero-order valence-electron chi connectivity index (χ0n) is 14.1. The summed E-state index contributed by atoms with van der Waals surface area (Å²) in [6.07, 6.45) is 3.76. The molecule has 24 heavy (non-hydrogen) atoms. The molecule has 1 aliphatic heterocycles. The summed E-state index contributed by atoms with van der Waals surface area (Å²) < 4.78 is 5.54. The van der Waals surface area contributed by atoms with Crippen molar-refractivity contribution in [2.24, 2.45) is 5.92 Å². The van der Waals surface area contributed by atoms with Crippen LogP contribution in [0.1, 0.15) is 31.4 Å². The Balaban J connectivity index is 1.42. The van der Waals surface area contributed by atoms with Crippen LogP contribution in [0.2, 0.25) is 0 Å². The molecule has 0 spiro atoms. The van der Waals surface area contributed by atoms with Crippen molar-refractivity contribution in [3.63, 3.8) is 0 Å². The van der Waals surface area contributed by atoms with E-state index in [1.165, 1.54) is 0 Å². The molecule has 3 rings (SSSR count). The lowest BCUT2D eigenvalue weighted by atomic mass is 9.93. The van der Waals surface area contributed by atoms with Crippen molar-refractivity contribution in [3.8, 4) is 5.75 Å². The molecular formula is C18H24N4O2. The molecule has 6 heteroatoms. The summed E-state index contributed by atoms with van der Waals surface area (Å²) in [6, 6.07) is 9.46. The van der Waals surface area contributed by atoms with Gasteiger partial charge in [-0.25, -0.2) is 4.98 Å². The van der Waals surface area contributed by atoms with Gasteiger partial charge in [0, 0.05) is 25.9 Å². The topological polar surface area (TPSA) is 71.1 Å². The molecule has 0 unspecified atom stereocenters. The summed E-state index contributed by atoms with van der Waals surface area (Å²) >= 11 is 0. The lowest BCUT2D eigenvalue weighted by Gasteiger charge is -2.31. The Hall–Kier alpha value is -2.37. The average molecular weight is 328 g/mol. The minimum absolute atomic E-state index is 0.0604. The number of ether oxygens (including phenoxy) is 1. The maximum Gasteiger partial charge on any atom is 0.260 e. The lowest BCUT2D eigenvalue weighted by molar-refractivity contribution is -0.134. The Bertz CT molecular complexity index is 648. The number of hydrogen-bond acceptors (Lipinski definition) is 4. The molecule has 0 atom stereocenters. The number of carbonyl (C=O) groups is 1. The van der Waals surface area contributed by atoms with Crippen molar-refractivity contribution >= 4 is 5.91 Å². The SMILES string of the molecule is CCc1n[nH]c(CC2CCN(C(=O)COc3ccccc3)CC2)n1. The molecule has 0 saturated carbocycles. The van der Waals surface area contributed by atoms with Crippen LogP contribution in [0.5, 0.6) is 5.75 Å². The van der Waals surface area contributed by atoms with E-state index in [1.54, 1.807) is 0 Å². The number of H-pyrrole nitrogens is 1. The average Bonchev–Trinajstić information content (AvgIpc) is 3.09. The number of likely N-dealkylation sites (tertiary alicyclic amines) is 1. The molecule has 1 amide bonds. The third-order valence-electron chi connectivity index (χ3n) is 4.45. The number of amides is 1. The van der Waals surface area contributed by atoms with Crippen molar-refractivity contribution in [1.29, 1.82) is 0 Å². The van der Waals surface area contributed by atoms with Crippen LogP contribution in [0.15, 0.2) is 30.3 Å². The van der Waals surface area contributed by atoms with Gasteiger partial charge in [0.25, 0.3) is 5.91 Å². The van der Waals surface area contributed by atoms with E-state index in [0.29, 0.717) is 5.92 Å². The predicted octanol–water partition coefficient (Wildman–Crippen LogP) is 2.23. The second-order valence-corrected chi connectivity index (χ2v) is 6.18. The minimum atomic E-state index is 0.0604. The second-order valence-electron chi connectivity index (χ2n) is 6.18. The summed E-state index contributed by atoms with van der Waals surface area (Å²) in [5, 5.41) is 7.19. The molecule has 1 N–H and O–H groups in total. The van der Waals surface area contributed by atoms with Crippen LogP contribution in [0.3, 0.4) is 0 Å². The Morgan fingerprint density at radius 3 is 2.71 bits per heavy atom. The Morgan fingerprint density at radius 1 is 1.29 bits per heavy atom. The van der Waals surface area contributed by atoms with Gasteiger partial charge in [0.1, 0.15) is 17.4 Å². The zero-order valence-corrected chi connectivity index (χ0v) is 14.1. The fourth-order valence-electron chi connectivity index (χ4n) is 3.00. The molecule has 1 aliphatic rings. The number of para-hydroxylation sites is 1. The third-order valence-corrected chi connectivity index (χ3v) is 4.45. The zero-order chi connectivity index (χ0) is 16.8. The van der Waals surface area contributed by atoms with Gasteiger partial charge >= 0.3 is 0 Å². The van der Waals surface area contributed by atoms with E-state index in [4.69, 9.17) is 4.74 Å². The monoisotopic (exact) mass is 328 g/mol. The number of nitrogens with one attached hydrogen (secondary N) is 1. The highest BCUT2D eigenvalue weighted by molar-refractivity contribution is 5.77. The molecule has 128 valence electrons. The highest BCUT2D eigenvalue weighted by atomic mass is 16.5. The molecule has 6 nitrogen and oxygen atoms in total. The maximum atomic E-state index is 12.3. The van der Waals surface area contributed by atoms with E-state index in [1.807, 2.05) is 35.2 Å². The van der Waals surface area contributed by atoms with E-state index in [0.717, 1.165) is 56.2 Å². The number of benzene rings is 1. The van der Waals surface area contributed by atoms with E-state index in [-0.39, 0.29) is 12.5 Å². The fraction of sp³-hybridized carbons (Fsp3) is 0.500. The third kappa shape index (κ3) is 4.34. The smallest absolute Gasteiger partial charge is 0.260 e. The fourth-order valence-corrected chi connectivity index (χ4v) is 3.00. The van der Waals surface area contributed by atoms with E-state index in [2.05, 4.69) is 22.1 Å².